The number of hydrogen-bond donors (Lipinski definition) is 0. The Morgan fingerprint density at radius 1 is 1.00 bits per heavy atom. The molecule has 0 N–H and O–H groups in total. The zero-order chi connectivity index (χ0) is 15.4. The van der Waals surface area contributed by atoms with E-state index < -0.39 is 0 Å². The molecule has 0 amide bonds. The first-order chi connectivity index (χ1) is 10.8. The summed E-state index contributed by atoms with van der Waals surface area (Å²) < 4.78 is 11.7. The van der Waals surface area contributed by atoms with Crippen molar-refractivity contribution in [2.45, 2.75) is 13.5 Å². The van der Waals surface area contributed by atoms with Gasteiger partial charge in [-0.3, -0.25) is 0 Å². The van der Waals surface area contributed by atoms with Crippen molar-refractivity contribution < 1.29 is 9.15 Å². The molecule has 0 saturated heterocycles. The lowest BCUT2D eigenvalue weighted by molar-refractivity contribution is 0.306. The van der Waals surface area contributed by atoms with E-state index in [1.54, 1.807) is 0 Å². The molecule has 3 rings (SSSR count). The van der Waals surface area contributed by atoms with Crippen LogP contribution >= 0.6 is 0 Å². The molecular weight excluding hydrogens is 272 g/mol. The van der Waals surface area contributed by atoms with E-state index in [0.717, 1.165) is 28.2 Å². The highest BCUT2D eigenvalue weighted by Crippen LogP contribution is 2.34. The summed E-state index contributed by atoms with van der Waals surface area (Å²) in [5.74, 6) is 4.98. The number of ether oxygens (including phenoxy) is 1. The number of para-hydroxylation sites is 1. The van der Waals surface area contributed by atoms with Crippen molar-refractivity contribution >= 4 is 0 Å². The second kappa shape index (κ2) is 6.24. The number of benzene rings is 2. The van der Waals surface area contributed by atoms with Crippen LogP contribution in [0.1, 0.15) is 16.9 Å². The first kappa shape index (κ1) is 14.0. The maximum atomic E-state index is 6.01. The van der Waals surface area contributed by atoms with E-state index in [1.165, 1.54) is 0 Å². The highest BCUT2D eigenvalue weighted by Gasteiger charge is 2.13. The minimum atomic E-state index is 0.465. The van der Waals surface area contributed by atoms with Crippen molar-refractivity contribution in [3.63, 3.8) is 0 Å². The maximum absolute atomic E-state index is 6.01. The quantitative estimate of drug-likeness (QED) is 0.642. The van der Waals surface area contributed by atoms with E-state index in [1.807, 2.05) is 67.6 Å². The van der Waals surface area contributed by atoms with Gasteiger partial charge in [-0.15, -0.1) is 6.42 Å². The second-order valence-corrected chi connectivity index (χ2v) is 5.01. The van der Waals surface area contributed by atoms with Crippen molar-refractivity contribution in [1.82, 2.24) is 0 Å². The number of furan rings is 1. The molecule has 1 heterocycles. The Bertz CT molecular complexity index is 807. The molecule has 2 aromatic carbocycles. The van der Waals surface area contributed by atoms with Crippen molar-refractivity contribution in [2.24, 2.45) is 0 Å². The van der Waals surface area contributed by atoms with E-state index in [2.05, 4.69) is 5.92 Å². The number of hydrogen-bond acceptors (Lipinski definition) is 2. The van der Waals surface area contributed by atoms with Crippen molar-refractivity contribution in [3.05, 3.63) is 77.6 Å². The Morgan fingerprint density at radius 3 is 2.50 bits per heavy atom. The summed E-state index contributed by atoms with van der Waals surface area (Å²) in [4.78, 5) is 0. The average molecular weight is 288 g/mol. The van der Waals surface area contributed by atoms with Crippen LogP contribution in [-0.2, 0) is 6.61 Å². The van der Waals surface area contributed by atoms with Crippen LogP contribution < -0.4 is 4.74 Å². The van der Waals surface area contributed by atoms with Gasteiger partial charge in [0.15, 0.2) is 0 Å². The fourth-order valence-corrected chi connectivity index (χ4v) is 2.31. The molecule has 1 aromatic heterocycles. The molecule has 0 saturated carbocycles. The third kappa shape index (κ3) is 2.89. The molecule has 0 unspecified atom stereocenters. The normalized spacial score (nSPS) is 10.2. The van der Waals surface area contributed by atoms with Gasteiger partial charge in [-0.25, -0.2) is 0 Å². The van der Waals surface area contributed by atoms with Gasteiger partial charge in [0.1, 0.15) is 23.9 Å². The van der Waals surface area contributed by atoms with Gasteiger partial charge in [0.25, 0.3) is 0 Å². The highest BCUT2D eigenvalue weighted by molar-refractivity contribution is 5.70. The molecule has 22 heavy (non-hydrogen) atoms. The fourth-order valence-electron chi connectivity index (χ4n) is 2.31. The van der Waals surface area contributed by atoms with E-state index in [0.29, 0.717) is 12.4 Å². The Morgan fingerprint density at radius 2 is 1.82 bits per heavy atom. The first-order valence-electron chi connectivity index (χ1n) is 7.11. The Hall–Kier alpha value is -2.92. The van der Waals surface area contributed by atoms with Crippen LogP contribution in [0, 0.1) is 19.3 Å². The Kier molecular flexibility index (Phi) is 3.98. The van der Waals surface area contributed by atoms with Crippen molar-refractivity contribution in [1.29, 1.82) is 0 Å². The molecule has 2 heteroatoms. The van der Waals surface area contributed by atoms with E-state index in [9.17, 15) is 0 Å². The molecule has 0 aliphatic heterocycles. The zero-order valence-corrected chi connectivity index (χ0v) is 12.4. The standard InChI is InChI=1S/C20H16O2/c1-3-17-10-7-11-18(19-13-12-15(2)22-19)20(17)21-14-16-8-5-4-6-9-16/h1,4-13H,14H2,2H3. The summed E-state index contributed by atoms with van der Waals surface area (Å²) >= 11 is 0. The van der Waals surface area contributed by atoms with Gasteiger partial charge in [0, 0.05) is 0 Å². The number of rotatable bonds is 4. The van der Waals surface area contributed by atoms with Crippen LogP contribution in [-0.4, -0.2) is 0 Å². The topological polar surface area (TPSA) is 22.4 Å². The van der Waals surface area contributed by atoms with Crippen LogP contribution in [0.3, 0.4) is 0 Å². The lowest BCUT2D eigenvalue weighted by Gasteiger charge is -2.12. The van der Waals surface area contributed by atoms with Gasteiger partial charge in [-0.1, -0.05) is 42.3 Å². The summed E-state index contributed by atoms with van der Waals surface area (Å²) in [6.07, 6.45) is 5.61. The number of aryl methyl sites for hydroxylation is 1. The Balaban J connectivity index is 1.96. The van der Waals surface area contributed by atoms with E-state index >= 15 is 0 Å². The summed E-state index contributed by atoms with van der Waals surface area (Å²) in [6, 6.07) is 19.6. The molecule has 3 aromatic rings. The molecule has 0 atom stereocenters. The van der Waals surface area contributed by atoms with Gasteiger partial charge in [-0.2, -0.15) is 0 Å². The maximum Gasteiger partial charge on any atom is 0.146 e. The predicted octanol–water partition coefficient (Wildman–Crippen LogP) is 4.82. The summed E-state index contributed by atoms with van der Waals surface area (Å²) in [6.45, 7) is 2.38. The van der Waals surface area contributed by atoms with Crippen LogP contribution in [0.25, 0.3) is 11.3 Å². The third-order valence-electron chi connectivity index (χ3n) is 3.40. The smallest absolute Gasteiger partial charge is 0.146 e. The molecule has 0 radical (unpaired) electrons. The van der Waals surface area contributed by atoms with Gasteiger partial charge < -0.3 is 9.15 Å². The fraction of sp³-hybridized carbons (Fsp3) is 0.100. The monoisotopic (exact) mass is 288 g/mol. The zero-order valence-electron chi connectivity index (χ0n) is 12.4. The van der Waals surface area contributed by atoms with Crippen LogP contribution in [0.2, 0.25) is 0 Å². The van der Waals surface area contributed by atoms with Crippen LogP contribution in [0.4, 0.5) is 0 Å². The van der Waals surface area contributed by atoms with Crippen molar-refractivity contribution in [2.75, 3.05) is 0 Å². The summed E-state index contributed by atoms with van der Waals surface area (Å²) in [7, 11) is 0. The van der Waals surface area contributed by atoms with Gasteiger partial charge in [-0.05, 0) is 36.8 Å². The highest BCUT2D eigenvalue weighted by atomic mass is 16.5. The Labute approximate surface area is 130 Å². The molecule has 0 aliphatic rings. The van der Waals surface area contributed by atoms with Crippen LogP contribution in [0.15, 0.2) is 65.1 Å². The second-order valence-electron chi connectivity index (χ2n) is 5.01. The lowest BCUT2D eigenvalue weighted by atomic mass is 10.1. The molecular formula is C20H16O2. The van der Waals surface area contributed by atoms with Crippen LogP contribution in [0.5, 0.6) is 5.75 Å². The average Bonchev–Trinajstić information content (AvgIpc) is 3.00. The molecule has 108 valence electrons. The molecule has 0 bridgehead atoms. The SMILES string of the molecule is C#Cc1cccc(-c2ccc(C)o2)c1OCc1ccccc1. The third-order valence-corrected chi connectivity index (χ3v) is 3.40. The molecule has 0 aliphatic carbocycles. The number of terminal acetylenes is 1. The van der Waals surface area contributed by atoms with Gasteiger partial charge >= 0.3 is 0 Å². The largest absolute Gasteiger partial charge is 0.487 e. The predicted molar refractivity (Wildman–Crippen MR) is 87.6 cm³/mol. The molecule has 0 spiro atoms. The van der Waals surface area contributed by atoms with E-state index in [-0.39, 0.29) is 0 Å². The van der Waals surface area contributed by atoms with Gasteiger partial charge in [0.05, 0.1) is 11.1 Å². The first-order valence-corrected chi connectivity index (χ1v) is 7.11. The summed E-state index contributed by atoms with van der Waals surface area (Å²) in [5, 5.41) is 0. The van der Waals surface area contributed by atoms with E-state index in [4.69, 9.17) is 15.6 Å². The minimum absolute atomic E-state index is 0.465. The minimum Gasteiger partial charge on any atom is -0.487 e. The molecule has 2 nitrogen and oxygen atoms in total. The van der Waals surface area contributed by atoms with Gasteiger partial charge in [0.2, 0.25) is 0 Å². The van der Waals surface area contributed by atoms with Crippen molar-refractivity contribution in [3.8, 4) is 29.4 Å². The lowest BCUT2D eigenvalue weighted by Crippen LogP contribution is -1.99. The molecule has 0 fully saturated rings. The summed E-state index contributed by atoms with van der Waals surface area (Å²) in [5.41, 5.74) is 2.69.